The summed E-state index contributed by atoms with van der Waals surface area (Å²) in [6.07, 6.45) is 0.496. The molecule has 5 atom stereocenters. The van der Waals surface area contributed by atoms with E-state index in [0.29, 0.717) is 12.3 Å². The van der Waals surface area contributed by atoms with Crippen LogP contribution in [0.3, 0.4) is 0 Å². The zero-order valence-corrected chi connectivity index (χ0v) is 15.9. The Bertz CT molecular complexity index is 682. The summed E-state index contributed by atoms with van der Waals surface area (Å²) in [5, 5.41) is 21.9. The zero-order chi connectivity index (χ0) is 18.6. The summed E-state index contributed by atoms with van der Waals surface area (Å²) in [5.74, 6) is -0.308. The van der Waals surface area contributed by atoms with Gasteiger partial charge < -0.3 is 14.9 Å². The molecule has 2 N–H and O–H groups in total. The maximum Gasteiger partial charge on any atom is 0.311 e. The monoisotopic (exact) mass is 346 g/mol. The van der Waals surface area contributed by atoms with E-state index in [-0.39, 0.29) is 17.3 Å². The zero-order valence-electron chi connectivity index (χ0n) is 15.9. The molecule has 0 unspecified atom stereocenters. The predicted octanol–water partition coefficient (Wildman–Crippen LogP) is 3.46. The molecule has 0 radical (unpaired) electrons. The molecule has 1 aromatic rings. The molecule has 1 saturated carbocycles. The fraction of sp³-hybridized carbons (Fsp3) is 0.667. The first kappa shape index (κ1) is 18.4. The van der Waals surface area contributed by atoms with Crippen LogP contribution in [0.15, 0.2) is 18.2 Å². The van der Waals surface area contributed by atoms with Crippen molar-refractivity contribution in [1.29, 1.82) is 0 Å². The maximum absolute atomic E-state index is 12.6. The van der Waals surface area contributed by atoms with Crippen molar-refractivity contribution in [2.45, 2.75) is 70.5 Å². The fourth-order valence-electron chi connectivity index (χ4n) is 5.43. The number of rotatable bonds is 2. The standard InChI is InChI=1S/C21H30O4/c1-12(2)13-7-8-15-14(11-13)16(22)17(23)18-20(15,3)9-6-10-21(18,4)19(24)25-5/h7-8,11-12,16-18,22-23H,6,9-10H2,1-5H3/t16-,17+,18-,20+,21+/m0/s1. The molecule has 138 valence electrons. The van der Waals surface area contributed by atoms with E-state index >= 15 is 0 Å². The van der Waals surface area contributed by atoms with Gasteiger partial charge >= 0.3 is 5.97 Å². The van der Waals surface area contributed by atoms with Crippen LogP contribution in [0.1, 0.15) is 75.7 Å². The summed E-state index contributed by atoms with van der Waals surface area (Å²) in [6, 6.07) is 6.23. The van der Waals surface area contributed by atoms with Gasteiger partial charge in [0.15, 0.2) is 0 Å². The van der Waals surface area contributed by atoms with E-state index in [1.165, 1.54) is 7.11 Å². The number of methoxy groups -OCH3 is 1. The van der Waals surface area contributed by atoms with Crippen LogP contribution in [-0.2, 0) is 14.9 Å². The normalized spacial score (nSPS) is 37.4. The minimum Gasteiger partial charge on any atom is -0.469 e. The van der Waals surface area contributed by atoms with Gasteiger partial charge in [-0.05, 0) is 47.8 Å². The molecule has 0 spiro atoms. The molecule has 25 heavy (non-hydrogen) atoms. The lowest BCUT2D eigenvalue weighted by Gasteiger charge is -2.56. The molecular weight excluding hydrogens is 316 g/mol. The van der Waals surface area contributed by atoms with Crippen molar-refractivity contribution < 1.29 is 19.7 Å². The lowest BCUT2D eigenvalue weighted by atomic mass is 9.48. The number of ether oxygens (including phenoxy) is 1. The Hall–Kier alpha value is -1.39. The second kappa shape index (κ2) is 6.10. The molecule has 0 heterocycles. The quantitative estimate of drug-likeness (QED) is 0.805. The predicted molar refractivity (Wildman–Crippen MR) is 96.3 cm³/mol. The van der Waals surface area contributed by atoms with E-state index in [4.69, 9.17) is 4.74 Å². The average molecular weight is 346 g/mol. The number of carbonyl (C=O) groups excluding carboxylic acids is 1. The van der Waals surface area contributed by atoms with E-state index in [1.54, 1.807) is 0 Å². The van der Waals surface area contributed by atoms with Crippen LogP contribution in [0.25, 0.3) is 0 Å². The smallest absolute Gasteiger partial charge is 0.311 e. The number of esters is 1. The van der Waals surface area contributed by atoms with Gasteiger partial charge in [-0.25, -0.2) is 0 Å². The lowest BCUT2D eigenvalue weighted by molar-refractivity contribution is -0.175. The third-order valence-corrected chi connectivity index (χ3v) is 6.76. The van der Waals surface area contributed by atoms with Gasteiger partial charge in [-0.3, -0.25) is 4.79 Å². The van der Waals surface area contributed by atoms with Crippen LogP contribution < -0.4 is 0 Å². The Kier molecular flexibility index (Phi) is 4.49. The van der Waals surface area contributed by atoms with Crippen molar-refractivity contribution in [3.63, 3.8) is 0 Å². The van der Waals surface area contributed by atoms with Crippen LogP contribution in [0.2, 0.25) is 0 Å². The number of hydrogen-bond donors (Lipinski definition) is 2. The van der Waals surface area contributed by atoms with E-state index in [0.717, 1.165) is 29.5 Å². The van der Waals surface area contributed by atoms with Crippen LogP contribution in [0, 0.1) is 11.3 Å². The van der Waals surface area contributed by atoms with E-state index in [9.17, 15) is 15.0 Å². The largest absolute Gasteiger partial charge is 0.469 e. The van der Waals surface area contributed by atoms with Crippen molar-refractivity contribution in [2.75, 3.05) is 7.11 Å². The number of benzene rings is 1. The number of aliphatic hydroxyl groups is 2. The van der Waals surface area contributed by atoms with Gasteiger partial charge in [0.05, 0.1) is 18.6 Å². The van der Waals surface area contributed by atoms with E-state index in [2.05, 4.69) is 32.9 Å². The molecule has 3 rings (SSSR count). The van der Waals surface area contributed by atoms with Crippen molar-refractivity contribution in [2.24, 2.45) is 11.3 Å². The van der Waals surface area contributed by atoms with Gasteiger partial charge in [-0.15, -0.1) is 0 Å². The molecule has 0 bridgehead atoms. The van der Waals surface area contributed by atoms with Gasteiger partial charge in [-0.2, -0.15) is 0 Å². The third kappa shape index (κ3) is 2.53. The maximum atomic E-state index is 12.6. The summed E-state index contributed by atoms with van der Waals surface area (Å²) < 4.78 is 5.08. The first-order chi connectivity index (χ1) is 11.7. The molecule has 4 nitrogen and oxygen atoms in total. The van der Waals surface area contributed by atoms with Gasteiger partial charge in [0, 0.05) is 5.92 Å². The molecular formula is C21H30O4. The van der Waals surface area contributed by atoms with Gasteiger partial charge in [0.1, 0.15) is 6.10 Å². The first-order valence-electron chi connectivity index (χ1n) is 9.25. The minimum atomic E-state index is -0.982. The van der Waals surface area contributed by atoms with Crippen molar-refractivity contribution >= 4 is 5.97 Å². The summed E-state index contributed by atoms with van der Waals surface area (Å²) in [5.41, 5.74) is 1.88. The minimum absolute atomic E-state index is 0.295. The van der Waals surface area contributed by atoms with Gasteiger partial charge in [0.25, 0.3) is 0 Å². The molecule has 0 aliphatic heterocycles. The Morgan fingerprint density at radius 2 is 1.92 bits per heavy atom. The molecule has 2 aliphatic carbocycles. The molecule has 0 amide bonds. The Balaban J connectivity index is 2.18. The molecule has 4 heteroatoms. The topological polar surface area (TPSA) is 66.8 Å². The van der Waals surface area contributed by atoms with Crippen LogP contribution in [0.5, 0.6) is 0 Å². The van der Waals surface area contributed by atoms with Crippen molar-refractivity contribution in [3.8, 4) is 0 Å². The highest BCUT2D eigenvalue weighted by Crippen LogP contribution is 2.59. The molecule has 0 aromatic heterocycles. The second-order valence-electron chi connectivity index (χ2n) is 8.59. The molecule has 0 saturated heterocycles. The third-order valence-electron chi connectivity index (χ3n) is 6.76. The highest BCUT2D eigenvalue weighted by molar-refractivity contribution is 5.77. The SMILES string of the molecule is COC(=O)[C@]1(C)CCC[C@]2(C)c3ccc(C(C)C)cc3[C@H](O)[C@@H](O)[C@H]12. The Morgan fingerprint density at radius 1 is 1.24 bits per heavy atom. The van der Waals surface area contributed by atoms with E-state index < -0.39 is 17.6 Å². The van der Waals surface area contributed by atoms with Crippen LogP contribution in [-0.4, -0.2) is 29.4 Å². The summed E-state index contributed by atoms with van der Waals surface area (Å²) in [7, 11) is 1.40. The van der Waals surface area contributed by atoms with Crippen LogP contribution >= 0.6 is 0 Å². The van der Waals surface area contributed by atoms with Crippen molar-refractivity contribution in [1.82, 2.24) is 0 Å². The first-order valence-corrected chi connectivity index (χ1v) is 9.25. The number of fused-ring (bicyclic) bond motifs is 3. The van der Waals surface area contributed by atoms with Gasteiger partial charge in [-0.1, -0.05) is 45.4 Å². The Labute approximate surface area is 150 Å². The highest BCUT2D eigenvalue weighted by Gasteiger charge is 2.61. The van der Waals surface area contributed by atoms with E-state index in [1.807, 2.05) is 13.0 Å². The number of aliphatic hydroxyl groups excluding tert-OH is 2. The highest BCUT2D eigenvalue weighted by atomic mass is 16.5. The number of carbonyl (C=O) groups is 1. The molecule has 1 fully saturated rings. The second-order valence-corrected chi connectivity index (χ2v) is 8.59. The fourth-order valence-corrected chi connectivity index (χ4v) is 5.43. The number of hydrogen-bond acceptors (Lipinski definition) is 4. The molecule has 1 aromatic carbocycles. The summed E-state index contributed by atoms with van der Waals surface area (Å²) in [6.45, 7) is 8.24. The lowest BCUT2D eigenvalue weighted by Crippen LogP contribution is -2.59. The van der Waals surface area contributed by atoms with Crippen molar-refractivity contribution in [3.05, 3.63) is 34.9 Å². The average Bonchev–Trinajstić information content (AvgIpc) is 2.58. The summed E-state index contributed by atoms with van der Waals surface area (Å²) >= 11 is 0. The summed E-state index contributed by atoms with van der Waals surface area (Å²) in [4.78, 5) is 12.6. The molecule has 2 aliphatic rings. The Morgan fingerprint density at radius 3 is 2.52 bits per heavy atom. The van der Waals surface area contributed by atoms with Gasteiger partial charge in [0.2, 0.25) is 0 Å². The van der Waals surface area contributed by atoms with Crippen LogP contribution in [0.4, 0.5) is 0 Å².